The molecule has 2 aromatic carbocycles. The second-order valence-corrected chi connectivity index (χ2v) is 7.58. The lowest BCUT2D eigenvalue weighted by molar-refractivity contribution is -0.114. The van der Waals surface area contributed by atoms with Crippen molar-refractivity contribution in [2.75, 3.05) is 30.4 Å². The maximum atomic E-state index is 13.3. The van der Waals surface area contributed by atoms with E-state index in [0.29, 0.717) is 16.1 Å². The molecule has 1 amide bonds. The van der Waals surface area contributed by atoms with E-state index < -0.39 is 5.97 Å². The van der Waals surface area contributed by atoms with Gasteiger partial charge in [0, 0.05) is 23.2 Å². The molecule has 5 nitrogen and oxygen atoms in total. The summed E-state index contributed by atoms with van der Waals surface area (Å²) in [7, 11) is 1.29. The van der Waals surface area contributed by atoms with Crippen LogP contribution in [-0.2, 0) is 16.0 Å². The molecular weight excluding hydrogens is 391 g/mol. The van der Waals surface area contributed by atoms with Crippen LogP contribution in [-0.4, -0.2) is 32.1 Å². The van der Waals surface area contributed by atoms with E-state index in [0.717, 1.165) is 18.7 Å². The highest BCUT2D eigenvalue weighted by molar-refractivity contribution is 7.15. The Morgan fingerprint density at radius 2 is 1.93 bits per heavy atom. The largest absolute Gasteiger partial charge is 0.465 e. The normalized spacial score (nSPS) is 12.6. The average molecular weight is 410 g/mol. The lowest BCUT2D eigenvalue weighted by Crippen LogP contribution is -2.32. The van der Waals surface area contributed by atoms with Crippen LogP contribution in [0.5, 0.6) is 0 Å². The molecule has 2 heterocycles. The van der Waals surface area contributed by atoms with Crippen LogP contribution < -0.4 is 10.2 Å². The summed E-state index contributed by atoms with van der Waals surface area (Å²) in [5, 5.41) is 5.04. The molecular formula is C22H19FN2O3S. The number of carbonyl (C=O) groups is 2. The number of amides is 1. The van der Waals surface area contributed by atoms with Gasteiger partial charge in [0.1, 0.15) is 16.4 Å². The van der Waals surface area contributed by atoms with Crippen molar-refractivity contribution in [3.8, 4) is 11.1 Å². The van der Waals surface area contributed by atoms with Gasteiger partial charge < -0.3 is 15.0 Å². The number of carbonyl (C=O) groups excluding carboxylic acids is 2. The van der Waals surface area contributed by atoms with E-state index in [2.05, 4.69) is 11.4 Å². The van der Waals surface area contributed by atoms with E-state index >= 15 is 0 Å². The molecule has 0 aliphatic carbocycles. The van der Waals surface area contributed by atoms with Gasteiger partial charge in [0.25, 0.3) is 0 Å². The minimum absolute atomic E-state index is 0.196. The zero-order chi connectivity index (χ0) is 20.4. The summed E-state index contributed by atoms with van der Waals surface area (Å²) in [6.07, 6.45) is 0.907. The van der Waals surface area contributed by atoms with E-state index in [1.807, 2.05) is 23.1 Å². The number of rotatable bonds is 5. The monoisotopic (exact) mass is 410 g/mol. The van der Waals surface area contributed by atoms with Crippen molar-refractivity contribution in [3.63, 3.8) is 0 Å². The van der Waals surface area contributed by atoms with Gasteiger partial charge in [-0.2, -0.15) is 0 Å². The Hall–Kier alpha value is -3.19. The fourth-order valence-electron chi connectivity index (χ4n) is 3.51. The maximum absolute atomic E-state index is 13.3. The van der Waals surface area contributed by atoms with Crippen molar-refractivity contribution in [1.82, 2.24) is 0 Å². The molecule has 1 aliphatic heterocycles. The third-order valence-corrected chi connectivity index (χ3v) is 5.80. The van der Waals surface area contributed by atoms with E-state index in [4.69, 9.17) is 4.74 Å². The van der Waals surface area contributed by atoms with Crippen LogP contribution in [0.15, 0.2) is 53.9 Å². The molecule has 0 saturated carbocycles. The SMILES string of the molecule is COC(=O)c1c(-c2ccc(F)cc2)csc1NC(=O)CN1CCc2ccccc21. The van der Waals surface area contributed by atoms with Crippen molar-refractivity contribution in [1.29, 1.82) is 0 Å². The zero-order valence-electron chi connectivity index (χ0n) is 15.8. The van der Waals surface area contributed by atoms with Crippen LogP contribution in [0.3, 0.4) is 0 Å². The summed E-state index contributed by atoms with van der Waals surface area (Å²) >= 11 is 1.25. The van der Waals surface area contributed by atoms with Crippen LogP contribution >= 0.6 is 11.3 Å². The molecule has 0 spiro atoms. The van der Waals surface area contributed by atoms with Gasteiger partial charge in [-0.3, -0.25) is 4.79 Å². The van der Waals surface area contributed by atoms with Crippen LogP contribution in [0.4, 0.5) is 15.1 Å². The maximum Gasteiger partial charge on any atom is 0.341 e. The highest BCUT2D eigenvalue weighted by Crippen LogP contribution is 2.36. The number of anilines is 2. The Labute approximate surface area is 171 Å². The van der Waals surface area contributed by atoms with E-state index in [1.165, 1.54) is 36.1 Å². The van der Waals surface area contributed by atoms with Gasteiger partial charge in [-0.05, 0) is 35.7 Å². The fraction of sp³-hybridized carbons (Fsp3) is 0.182. The minimum Gasteiger partial charge on any atom is -0.465 e. The topological polar surface area (TPSA) is 58.6 Å². The second kappa shape index (κ2) is 8.05. The summed E-state index contributed by atoms with van der Waals surface area (Å²) in [6.45, 7) is 0.975. The number of benzene rings is 2. The minimum atomic E-state index is -0.549. The van der Waals surface area contributed by atoms with Gasteiger partial charge in [0.15, 0.2) is 0 Å². The van der Waals surface area contributed by atoms with Crippen molar-refractivity contribution in [2.45, 2.75) is 6.42 Å². The third kappa shape index (κ3) is 3.86. The van der Waals surface area contributed by atoms with Gasteiger partial charge >= 0.3 is 5.97 Å². The van der Waals surface area contributed by atoms with Crippen LogP contribution in [0, 0.1) is 5.82 Å². The predicted octanol–water partition coefficient (Wildman–Crippen LogP) is 4.34. The Morgan fingerprint density at radius 3 is 2.69 bits per heavy atom. The van der Waals surface area contributed by atoms with Gasteiger partial charge in [0.05, 0.1) is 13.7 Å². The molecule has 148 valence electrons. The molecule has 29 heavy (non-hydrogen) atoms. The molecule has 0 saturated heterocycles. The first kappa shape index (κ1) is 19.1. The van der Waals surface area contributed by atoms with E-state index in [1.54, 1.807) is 17.5 Å². The Balaban J connectivity index is 1.56. The fourth-order valence-corrected chi connectivity index (χ4v) is 4.48. The number of hydrogen-bond donors (Lipinski definition) is 1. The van der Waals surface area contributed by atoms with Crippen molar-refractivity contribution < 1.29 is 18.7 Å². The Kier molecular flexibility index (Phi) is 5.31. The van der Waals surface area contributed by atoms with E-state index in [-0.39, 0.29) is 23.8 Å². The highest BCUT2D eigenvalue weighted by atomic mass is 32.1. The van der Waals surface area contributed by atoms with Gasteiger partial charge in [0.2, 0.25) is 5.91 Å². The summed E-state index contributed by atoms with van der Waals surface area (Å²) < 4.78 is 18.2. The van der Waals surface area contributed by atoms with Crippen molar-refractivity contribution in [2.24, 2.45) is 0 Å². The van der Waals surface area contributed by atoms with Crippen LogP contribution in [0.2, 0.25) is 0 Å². The molecule has 7 heteroatoms. The molecule has 1 N–H and O–H groups in total. The van der Waals surface area contributed by atoms with Gasteiger partial charge in [-0.15, -0.1) is 11.3 Å². The first-order valence-electron chi connectivity index (χ1n) is 9.15. The first-order valence-corrected chi connectivity index (χ1v) is 10.0. The smallest absolute Gasteiger partial charge is 0.341 e. The summed E-state index contributed by atoms with van der Waals surface area (Å²) in [4.78, 5) is 27.1. The standard InChI is InChI=1S/C22H19FN2O3S/c1-28-22(27)20-17(14-6-8-16(23)9-7-14)13-29-21(20)24-19(26)12-25-11-10-15-4-2-3-5-18(15)25/h2-9,13H,10-12H2,1H3,(H,24,26). The molecule has 0 unspecified atom stereocenters. The summed E-state index contributed by atoms with van der Waals surface area (Å²) in [5.41, 5.74) is 3.85. The number of ether oxygens (including phenoxy) is 1. The number of thiophene rings is 1. The lowest BCUT2D eigenvalue weighted by Gasteiger charge is -2.18. The van der Waals surface area contributed by atoms with Gasteiger partial charge in [-0.25, -0.2) is 9.18 Å². The quantitative estimate of drug-likeness (QED) is 0.636. The number of halogens is 1. The van der Waals surface area contributed by atoms with Crippen LogP contribution in [0.1, 0.15) is 15.9 Å². The molecule has 1 aliphatic rings. The number of nitrogens with one attached hydrogen (secondary N) is 1. The second-order valence-electron chi connectivity index (χ2n) is 6.70. The number of esters is 1. The number of methoxy groups -OCH3 is 1. The summed E-state index contributed by atoms with van der Waals surface area (Å²) in [6, 6.07) is 13.9. The first-order chi connectivity index (χ1) is 14.1. The van der Waals surface area contributed by atoms with Crippen molar-refractivity contribution in [3.05, 3.63) is 70.9 Å². The zero-order valence-corrected chi connectivity index (χ0v) is 16.6. The lowest BCUT2D eigenvalue weighted by atomic mass is 10.0. The molecule has 0 fully saturated rings. The Morgan fingerprint density at radius 1 is 1.17 bits per heavy atom. The van der Waals surface area contributed by atoms with E-state index in [9.17, 15) is 14.0 Å². The molecule has 3 aromatic rings. The third-order valence-electron chi connectivity index (χ3n) is 4.91. The van der Waals surface area contributed by atoms with Crippen molar-refractivity contribution >= 4 is 33.9 Å². The molecule has 4 rings (SSSR count). The molecule has 0 atom stereocenters. The highest BCUT2D eigenvalue weighted by Gasteiger charge is 2.24. The molecule has 1 aromatic heterocycles. The molecule has 0 bridgehead atoms. The van der Waals surface area contributed by atoms with Gasteiger partial charge in [-0.1, -0.05) is 30.3 Å². The number of hydrogen-bond acceptors (Lipinski definition) is 5. The number of nitrogens with zero attached hydrogens (tertiary/aromatic N) is 1. The molecule has 0 radical (unpaired) electrons. The van der Waals surface area contributed by atoms with Crippen LogP contribution in [0.25, 0.3) is 11.1 Å². The predicted molar refractivity (Wildman–Crippen MR) is 112 cm³/mol. The number of fused-ring (bicyclic) bond motifs is 1. The Bertz CT molecular complexity index is 1060. The summed E-state index contributed by atoms with van der Waals surface area (Å²) in [5.74, 6) is -1.12. The average Bonchev–Trinajstić information content (AvgIpc) is 3.32. The number of para-hydroxylation sites is 1.